The van der Waals surface area contributed by atoms with Gasteiger partial charge in [-0.25, -0.2) is 0 Å². The maximum Gasteiger partial charge on any atom is 0.146 e. The van der Waals surface area contributed by atoms with E-state index in [0.29, 0.717) is 22.4 Å². The minimum Gasteiger partial charge on any atom is -0.484 e. The largest absolute Gasteiger partial charge is 0.484 e. The second-order valence-corrected chi connectivity index (χ2v) is 5.23. The van der Waals surface area contributed by atoms with Crippen molar-refractivity contribution in [1.82, 2.24) is 5.32 Å². The Balaban J connectivity index is 2.02. The number of rotatable bonds is 6. The summed E-state index contributed by atoms with van der Waals surface area (Å²) in [6.45, 7) is 6.03. The molecule has 0 radical (unpaired) electrons. The summed E-state index contributed by atoms with van der Waals surface area (Å²) in [5, 5.41) is 4.14. The van der Waals surface area contributed by atoms with E-state index in [4.69, 9.17) is 32.4 Å². The van der Waals surface area contributed by atoms with Crippen LogP contribution in [0.5, 0.6) is 5.75 Å². The van der Waals surface area contributed by atoms with Gasteiger partial charge in [0, 0.05) is 0 Å². The van der Waals surface area contributed by atoms with Gasteiger partial charge in [-0.05, 0) is 37.2 Å². The van der Waals surface area contributed by atoms with E-state index in [9.17, 15) is 0 Å². The quantitative estimate of drug-likeness (QED) is 0.847. The lowest BCUT2D eigenvalue weighted by Gasteiger charge is -2.07. The first-order chi connectivity index (χ1) is 9.61. The highest BCUT2D eigenvalue weighted by Crippen LogP contribution is 2.32. The van der Waals surface area contributed by atoms with Crippen LogP contribution in [0.3, 0.4) is 0 Å². The van der Waals surface area contributed by atoms with E-state index in [0.717, 1.165) is 30.2 Å². The Morgan fingerprint density at radius 1 is 1.30 bits per heavy atom. The van der Waals surface area contributed by atoms with Gasteiger partial charge >= 0.3 is 0 Å². The van der Waals surface area contributed by atoms with Crippen LogP contribution < -0.4 is 10.1 Å². The van der Waals surface area contributed by atoms with Gasteiger partial charge in [-0.3, -0.25) is 0 Å². The first kappa shape index (κ1) is 15.2. The van der Waals surface area contributed by atoms with Crippen LogP contribution in [0.25, 0.3) is 0 Å². The van der Waals surface area contributed by atoms with Gasteiger partial charge in [0.1, 0.15) is 28.9 Å². The van der Waals surface area contributed by atoms with Gasteiger partial charge < -0.3 is 14.5 Å². The van der Waals surface area contributed by atoms with Gasteiger partial charge in [0.2, 0.25) is 0 Å². The summed E-state index contributed by atoms with van der Waals surface area (Å²) in [4.78, 5) is 0. The van der Waals surface area contributed by atoms with Gasteiger partial charge in [-0.15, -0.1) is 0 Å². The second-order valence-electron chi connectivity index (χ2n) is 4.44. The molecule has 0 aliphatic carbocycles. The third-order valence-corrected chi connectivity index (χ3v) is 3.69. The van der Waals surface area contributed by atoms with Crippen LogP contribution in [0.4, 0.5) is 0 Å². The van der Waals surface area contributed by atoms with Crippen molar-refractivity contribution in [2.45, 2.75) is 27.0 Å². The average Bonchev–Trinajstić information content (AvgIpc) is 2.78. The molecule has 3 nitrogen and oxygen atoms in total. The number of aryl methyl sites for hydroxylation is 1. The van der Waals surface area contributed by atoms with Crippen molar-refractivity contribution in [1.29, 1.82) is 0 Å². The van der Waals surface area contributed by atoms with Crippen LogP contribution in [0.1, 0.15) is 24.0 Å². The first-order valence-corrected chi connectivity index (χ1v) is 7.23. The highest BCUT2D eigenvalue weighted by Gasteiger charge is 2.10. The van der Waals surface area contributed by atoms with Gasteiger partial charge in [0.05, 0.1) is 11.6 Å². The molecule has 1 heterocycles. The molecule has 0 fully saturated rings. The van der Waals surface area contributed by atoms with Crippen LogP contribution in [-0.4, -0.2) is 6.54 Å². The van der Waals surface area contributed by atoms with E-state index in [-0.39, 0.29) is 0 Å². The number of benzene rings is 1. The minimum absolute atomic E-state index is 0.326. The molecule has 108 valence electrons. The fourth-order valence-electron chi connectivity index (χ4n) is 1.82. The molecule has 0 spiro atoms. The molecule has 1 aromatic heterocycles. The van der Waals surface area contributed by atoms with E-state index in [1.54, 1.807) is 18.2 Å². The van der Waals surface area contributed by atoms with Gasteiger partial charge in [0.15, 0.2) is 0 Å². The highest BCUT2D eigenvalue weighted by atomic mass is 35.5. The number of halogens is 2. The van der Waals surface area contributed by atoms with Crippen LogP contribution in [0.2, 0.25) is 10.0 Å². The molecule has 0 aliphatic heterocycles. The summed E-state index contributed by atoms with van der Waals surface area (Å²) in [5.41, 5.74) is 1.11. The topological polar surface area (TPSA) is 34.4 Å². The van der Waals surface area contributed by atoms with Crippen molar-refractivity contribution in [3.8, 4) is 5.75 Å². The van der Waals surface area contributed by atoms with Gasteiger partial charge in [0.25, 0.3) is 0 Å². The fraction of sp³-hybridized carbons (Fsp3) is 0.333. The molecule has 0 unspecified atom stereocenters. The summed E-state index contributed by atoms with van der Waals surface area (Å²) in [7, 11) is 0. The van der Waals surface area contributed by atoms with Crippen molar-refractivity contribution < 1.29 is 9.15 Å². The molecular formula is C15H17Cl2NO2. The van der Waals surface area contributed by atoms with E-state index in [2.05, 4.69) is 12.2 Å². The molecule has 0 atom stereocenters. The van der Waals surface area contributed by atoms with E-state index in [1.807, 2.05) is 13.0 Å². The van der Waals surface area contributed by atoms with Crippen LogP contribution >= 0.6 is 23.2 Å². The van der Waals surface area contributed by atoms with Crippen LogP contribution in [0, 0.1) is 6.92 Å². The zero-order valence-corrected chi connectivity index (χ0v) is 13.0. The average molecular weight is 314 g/mol. The maximum atomic E-state index is 6.07. The predicted octanol–water partition coefficient (Wildman–Crippen LogP) is 4.58. The normalized spacial score (nSPS) is 10.8. The highest BCUT2D eigenvalue weighted by molar-refractivity contribution is 6.42. The second kappa shape index (κ2) is 7.02. The Hall–Kier alpha value is -1.16. The van der Waals surface area contributed by atoms with Crippen molar-refractivity contribution in [2.75, 3.05) is 6.54 Å². The molecule has 0 aliphatic rings. The van der Waals surface area contributed by atoms with Crippen LogP contribution in [0.15, 0.2) is 28.7 Å². The summed E-state index contributed by atoms with van der Waals surface area (Å²) in [6, 6.07) is 7.28. The number of ether oxygens (including phenoxy) is 1. The molecule has 0 bridgehead atoms. The van der Waals surface area contributed by atoms with Crippen molar-refractivity contribution >= 4 is 23.2 Å². The first-order valence-electron chi connectivity index (χ1n) is 6.47. The molecule has 0 saturated carbocycles. The van der Waals surface area contributed by atoms with Crippen molar-refractivity contribution in [3.05, 3.63) is 51.4 Å². The third-order valence-electron chi connectivity index (χ3n) is 2.89. The Bertz CT molecular complexity index is 581. The van der Waals surface area contributed by atoms with E-state index in [1.165, 1.54) is 0 Å². The Morgan fingerprint density at radius 3 is 2.85 bits per heavy atom. The molecule has 0 saturated heterocycles. The SMILES string of the molecule is CCNCc1oc(COc2cccc(Cl)c2Cl)cc1C. The standard InChI is InChI=1S/C15H17Cl2NO2/c1-3-18-8-14-10(2)7-11(20-14)9-19-13-6-4-5-12(16)15(13)17/h4-7,18H,3,8-9H2,1-2H3. The van der Waals surface area contributed by atoms with Gasteiger partial charge in [-0.2, -0.15) is 0 Å². The van der Waals surface area contributed by atoms with E-state index < -0.39 is 0 Å². The molecule has 20 heavy (non-hydrogen) atoms. The third kappa shape index (κ3) is 3.69. The Morgan fingerprint density at radius 2 is 2.10 bits per heavy atom. The molecule has 1 N–H and O–H groups in total. The molecule has 2 aromatic rings. The van der Waals surface area contributed by atoms with Gasteiger partial charge in [-0.1, -0.05) is 36.2 Å². The maximum absolute atomic E-state index is 6.07. The zero-order chi connectivity index (χ0) is 14.5. The Kier molecular flexibility index (Phi) is 5.35. The molecule has 1 aromatic carbocycles. The molecular weight excluding hydrogens is 297 g/mol. The molecule has 5 heteroatoms. The fourth-order valence-corrected chi connectivity index (χ4v) is 2.17. The zero-order valence-electron chi connectivity index (χ0n) is 11.5. The lowest BCUT2D eigenvalue weighted by molar-refractivity contribution is 0.265. The summed E-state index contributed by atoms with van der Waals surface area (Å²) in [5.74, 6) is 2.26. The smallest absolute Gasteiger partial charge is 0.146 e. The minimum atomic E-state index is 0.326. The molecule has 0 amide bonds. The lowest BCUT2D eigenvalue weighted by Crippen LogP contribution is -2.11. The summed E-state index contributed by atoms with van der Waals surface area (Å²) in [6.07, 6.45) is 0. The summed E-state index contributed by atoms with van der Waals surface area (Å²) >= 11 is 12.0. The Labute approximate surface area is 128 Å². The number of furan rings is 1. The number of nitrogens with one attached hydrogen (secondary N) is 1. The number of hydrogen-bond acceptors (Lipinski definition) is 3. The van der Waals surface area contributed by atoms with Crippen LogP contribution in [-0.2, 0) is 13.2 Å². The van der Waals surface area contributed by atoms with Crippen molar-refractivity contribution in [2.24, 2.45) is 0 Å². The summed E-state index contributed by atoms with van der Waals surface area (Å²) < 4.78 is 11.4. The monoisotopic (exact) mass is 313 g/mol. The van der Waals surface area contributed by atoms with E-state index >= 15 is 0 Å². The number of hydrogen-bond donors (Lipinski definition) is 1. The lowest BCUT2D eigenvalue weighted by atomic mass is 10.2. The predicted molar refractivity (Wildman–Crippen MR) is 81.6 cm³/mol. The molecule has 2 rings (SSSR count). The van der Waals surface area contributed by atoms with Crippen molar-refractivity contribution in [3.63, 3.8) is 0 Å².